The van der Waals surface area contributed by atoms with Crippen LogP contribution in [-0.2, 0) is 6.42 Å². The number of hydrogen-bond acceptors (Lipinski definition) is 4. The molecule has 0 aliphatic carbocycles. The Morgan fingerprint density at radius 3 is 3.00 bits per heavy atom. The summed E-state index contributed by atoms with van der Waals surface area (Å²) < 4.78 is 17.9. The van der Waals surface area contributed by atoms with Gasteiger partial charge in [-0.15, -0.1) is 0 Å². The molecule has 0 atom stereocenters. The SMILES string of the molecule is CNCCc1nc(-c2ccc(F)cc2Cl)no1. The van der Waals surface area contributed by atoms with Gasteiger partial charge in [0.25, 0.3) is 0 Å². The molecule has 0 spiro atoms. The van der Waals surface area contributed by atoms with Crippen molar-refractivity contribution in [1.29, 1.82) is 0 Å². The van der Waals surface area contributed by atoms with Crippen LogP contribution < -0.4 is 5.32 Å². The predicted molar refractivity (Wildman–Crippen MR) is 62.3 cm³/mol. The number of nitrogens with one attached hydrogen (secondary N) is 1. The van der Waals surface area contributed by atoms with Gasteiger partial charge < -0.3 is 9.84 Å². The lowest BCUT2D eigenvalue weighted by Gasteiger charge is -1.97. The highest BCUT2D eigenvalue weighted by molar-refractivity contribution is 6.33. The molecule has 1 aromatic heterocycles. The van der Waals surface area contributed by atoms with Crippen molar-refractivity contribution < 1.29 is 8.91 Å². The average Bonchev–Trinajstić information content (AvgIpc) is 2.75. The number of benzene rings is 1. The maximum Gasteiger partial charge on any atom is 0.228 e. The van der Waals surface area contributed by atoms with Gasteiger partial charge in [-0.1, -0.05) is 16.8 Å². The van der Waals surface area contributed by atoms with Crippen LogP contribution in [0.5, 0.6) is 0 Å². The van der Waals surface area contributed by atoms with Crippen LogP contribution in [0.1, 0.15) is 5.89 Å². The second kappa shape index (κ2) is 5.25. The van der Waals surface area contributed by atoms with Crippen LogP contribution in [0.3, 0.4) is 0 Å². The van der Waals surface area contributed by atoms with Gasteiger partial charge >= 0.3 is 0 Å². The summed E-state index contributed by atoms with van der Waals surface area (Å²) in [6.07, 6.45) is 0.641. The van der Waals surface area contributed by atoms with E-state index >= 15 is 0 Å². The molecular formula is C11H11ClFN3O. The molecule has 0 bridgehead atoms. The Hall–Kier alpha value is -1.46. The molecular weight excluding hydrogens is 245 g/mol. The summed E-state index contributed by atoms with van der Waals surface area (Å²) in [4.78, 5) is 4.18. The van der Waals surface area contributed by atoms with E-state index in [1.54, 1.807) is 0 Å². The molecule has 1 N–H and O–H groups in total. The average molecular weight is 256 g/mol. The maximum atomic E-state index is 12.9. The number of hydrogen-bond donors (Lipinski definition) is 1. The van der Waals surface area contributed by atoms with Crippen LogP contribution in [-0.4, -0.2) is 23.7 Å². The van der Waals surface area contributed by atoms with Crippen LogP contribution >= 0.6 is 11.6 Å². The summed E-state index contributed by atoms with van der Waals surface area (Å²) in [6, 6.07) is 4.07. The number of likely N-dealkylation sites (N-methyl/N-ethyl adjacent to an activating group) is 1. The Labute approximate surface area is 103 Å². The number of nitrogens with zero attached hydrogens (tertiary/aromatic N) is 2. The standard InChI is InChI=1S/C11H11ClFN3O/c1-14-5-4-10-15-11(16-17-10)8-3-2-7(13)6-9(8)12/h2-3,6,14H,4-5H2,1H3. The Morgan fingerprint density at radius 2 is 2.29 bits per heavy atom. The minimum absolute atomic E-state index is 0.269. The molecule has 90 valence electrons. The fourth-order valence-electron chi connectivity index (χ4n) is 1.37. The van der Waals surface area contributed by atoms with Crippen molar-refractivity contribution in [1.82, 2.24) is 15.5 Å². The quantitative estimate of drug-likeness (QED) is 0.911. The summed E-state index contributed by atoms with van der Waals surface area (Å²) in [5.74, 6) is 0.508. The van der Waals surface area contributed by atoms with Gasteiger partial charge in [0.05, 0.1) is 5.02 Å². The van der Waals surface area contributed by atoms with Crippen molar-refractivity contribution in [2.45, 2.75) is 6.42 Å². The summed E-state index contributed by atoms with van der Waals surface area (Å²) in [6.45, 7) is 0.749. The first-order chi connectivity index (χ1) is 8.20. The third-order valence-electron chi connectivity index (χ3n) is 2.23. The first-order valence-electron chi connectivity index (χ1n) is 5.13. The number of rotatable bonds is 4. The highest BCUT2D eigenvalue weighted by Crippen LogP contribution is 2.26. The lowest BCUT2D eigenvalue weighted by atomic mass is 10.2. The smallest absolute Gasteiger partial charge is 0.228 e. The predicted octanol–water partition coefficient (Wildman–Crippen LogP) is 2.29. The van der Waals surface area contributed by atoms with E-state index in [2.05, 4.69) is 15.5 Å². The van der Waals surface area contributed by atoms with Crippen molar-refractivity contribution >= 4 is 11.6 Å². The molecule has 2 rings (SSSR count). The van der Waals surface area contributed by atoms with Crippen LogP contribution in [0.25, 0.3) is 11.4 Å². The molecule has 2 aromatic rings. The molecule has 0 saturated carbocycles. The molecule has 0 fully saturated rings. The van der Waals surface area contributed by atoms with E-state index in [0.717, 1.165) is 6.54 Å². The third kappa shape index (κ3) is 2.81. The van der Waals surface area contributed by atoms with E-state index in [9.17, 15) is 4.39 Å². The zero-order chi connectivity index (χ0) is 12.3. The molecule has 0 amide bonds. The molecule has 0 aliphatic rings. The minimum atomic E-state index is -0.391. The van der Waals surface area contributed by atoms with Gasteiger partial charge in [0.15, 0.2) is 0 Å². The van der Waals surface area contributed by atoms with Gasteiger partial charge in [-0.05, 0) is 25.2 Å². The number of aromatic nitrogens is 2. The summed E-state index contributed by atoms with van der Waals surface area (Å²) in [5, 5.41) is 7.06. The Kier molecular flexibility index (Phi) is 3.71. The van der Waals surface area contributed by atoms with E-state index in [0.29, 0.717) is 23.7 Å². The van der Waals surface area contributed by atoms with E-state index in [1.807, 2.05) is 7.05 Å². The van der Waals surface area contributed by atoms with Gasteiger partial charge in [0, 0.05) is 18.5 Å². The van der Waals surface area contributed by atoms with Crippen molar-refractivity contribution in [3.05, 3.63) is 34.9 Å². The molecule has 0 aliphatic heterocycles. The van der Waals surface area contributed by atoms with Crippen LogP contribution in [0.15, 0.2) is 22.7 Å². The van der Waals surface area contributed by atoms with Crippen LogP contribution in [0.2, 0.25) is 5.02 Å². The zero-order valence-electron chi connectivity index (χ0n) is 9.20. The molecule has 0 saturated heterocycles. The van der Waals surface area contributed by atoms with Gasteiger partial charge in [-0.25, -0.2) is 4.39 Å². The van der Waals surface area contributed by atoms with E-state index in [4.69, 9.17) is 16.1 Å². The summed E-state index contributed by atoms with van der Waals surface area (Å²) >= 11 is 5.90. The van der Waals surface area contributed by atoms with Crippen molar-refractivity contribution in [2.75, 3.05) is 13.6 Å². The largest absolute Gasteiger partial charge is 0.339 e. The molecule has 6 heteroatoms. The van der Waals surface area contributed by atoms with Crippen LogP contribution in [0.4, 0.5) is 4.39 Å². The van der Waals surface area contributed by atoms with Crippen LogP contribution in [0, 0.1) is 5.82 Å². The monoisotopic (exact) mass is 255 g/mol. The molecule has 1 aromatic carbocycles. The highest BCUT2D eigenvalue weighted by atomic mass is 35.5. The molecule has 4 nitrogen and oxygen atoms in total. The second-order valence-electron chi connectivity index (χ2n) is 3.49. The normalized spacial score (nSPS) is 10.8. The van der Waals surface area contributed by atoms with E-state index in [-0.39, 0.29) is 5.02 Å². The molecule has 1 heterocycles. The van der Waals surface area contributed by atoms with Gasteiger partial charge in [0.2, 0.25) is 11.7 Å². The first-order valence-corrected chi connectivity index (χ1v) is 5.51. The van der Waals surface area contributed by atoms with E-state index < -0.39 is 5.82 Å². The van der Waals surface area contributed by atoms with Gasteiger partial charge in [-0.3, -0.25) is 0 Å². The summed E-state index contributed by atoms with van der Waals surface area (Å²) in [7, 11) is 1.84. The topological polar surface area (TPSA) is 51.0 Å². The van der Waals surface area contributed by atoms with E-state index in [1.165, 1.54) is 18.2 Å². The van der Waals surface area contributed by atoms with Crippen molar-refractivity contribution in [2.24, 2.45) is 0 Å². The van der Waals surface area contributed by atoms with Crippen molar-refractivity contribution in [3.8, 4) is 11.4 Å². The Bertz CT molecular complexity index is 515. The lowest BCUT2D eigenvalue weighted by molar-refractivity contribution is 0.377. The lowest BCUT2D eigenvalue weighted by Crippen LogP contribution is -2.10. The van der Waals surface area contributed by atoms with Gasteiger partial charge in [-0.2, -0.15) is 4.98 Å². The highest BCUT2D eigenvalue weighted by Gasteiger charge is 2.11. The molecule has 17 heavy (non-hydrogen) atoms. The second-order valence-corrected chi connectivity index (χ2v) is 3.90. The summed E-state index contributed by atoms with van der Waals surface area (Å²) in [5.41, 5.74) is 0.563. The zero-order valence-corrected chi connectivity index (χ0v) is 9.96. The number of halogens is 2. The fourth-order valence-corrected chi connectivity index (χ4v) is 1.62. The maximum absolute atomic E-state index is 12.9. The molecule has 0 unspecified atom stereocenters. The van der Waals surface area contributed by atoms with Crippen molar-refractivity contribution in [3.63, 3.8) is 0 Å². The third-order valence-corrected chi connectivity index (χ3v) is 2.54. The Morgan fingerprint density at radius 1 is 1.47 bits per heavy atom. The van der Waals surface area contributed by atoms with Gasteiger partial charge in [0.1, 0.15) is 5.82 Å². The fraction of sp³-hybridized carbons (Fsp3) is 0.273. The molecule has 0 radical (unpaired) electrons. The Balaban J connectivity index is 2.24. The minimum Gasteiger partial charge on any atom is -0.339 e. The first kappa shape index (κ1) is 12.0.